The number of rotatable bonds is 4. The Morgan fingerprint density at radius 1 is 1.48 bits per heavy atom. The highest BCUT2D eigenvalue weighted by Gasteiger charge is 2.25. The summed E-state index contributed by atoms with van der Waals surface area (Å²) in [5.74, 6) is 0.769. The molecule has 0 fully saturated rings. The van der Waals surface area contributed by atoms with Crippen LogP contribution in [0.3, 0.4) is 0 Å². The number of halogens is 2. The summed E-state index contributed by atoms with van der Waals surface area (Å²) < 4.78 is 2.89. The normalized spacial score (nSPS) is 14.2. The van der Waals surface area contributed by atoms with Crippen LogP contribution < -0.4 is 0 Å². The third-order valence-electron chi connectivity index (χ3n) is 3.63. The average molecular weight is 373 g/mol. The maximum absolute atomic E-state index is 12.5. The molecule has 0 radical (unpaired) electrons. The summed E-state index contributed by atoms with van der Waals surface area (Å²) in [6.07, 6.45) is 0. The highest BCUT2D eigenvalue weighted by molar-refractivity contribution is 9.10. The van der Waals surface area contributed by atoms with Crippen LogP contribution in [0, 0.1) is 0 Å². The fourth-order valence-corrected chi connectivity index (χ4v) is 2.86. The summed E-state index contributed by atoms with van der Waals surface area (Å²) in [7, 11) is 1.80. The van der Waals surface area contributed by atoms with Crippen LogP contribution in [0.1, 0.15) is 38.0 Å². The molecule has 4 nitrogen and oxygen atoms in total. The van der Waals surface area contributed by atoms with Gasteiger partial charge >= 0.3 is 0 Å². The van der Waals surface area contributed by atoms with E-state index in [9.17, 15) is 4.79 Å². The summed E-state index contributed by atoms with van der Waals surface area (Å²) in [5.41, 5.74) is 1.76. The lowest BCUT2D eigenvalue weighted by molar-refractivity contribution is -0.132. The third kappa shape index (κ3) is 3.09. The first-order valence-corrected chi connectivity index (χ1v) is 8.16. The van der Waals surface area contributed by atoms with Crippen LogP contribution >= 0.6 is 27.5 Å². The van der Waals surface area contributed by atoms with Crippen molar-refractivity contribution in [1.82, 2.24) is 14.5 Å². The standard InChI is InChI=1S/C15H19BrClN3O/c1-5-19(4)15(21)10(3)20-13-8-11(16)6-7-12(13)18-14(20)9(2)17/h6-10H,5H2,1-4H3. The molecule has 0 spiro atoms. The predicted molar refractivity (Wildman–Crippen MR) is 89.7 cm³/mol. The zero-order valence-corrected chi connectivity index (χ0v) is 14.9. The van der Waals surface area contributed by atoms with Gasteiger partial charge in [0.05, 0.1) is 16.4 Å². The summed E-state index contributed by atoms with van der Waals surface area (Å²) in [6, 6.07) is 5.50. The first-order valence-electron chi connectivity index (χ1n) is 6.93. The predicted octanol–water partition coefficient (Wildman–Crippen LogP) is 4.14. The molecule has 0 saturated heterocycles. The van der Waals surface area contributed by atoms with Crippen molar-refractivity contribution >= 4 is 44.5 Å². The zero-order valence-electron chi connectivity index (χ0n) is 12.6. The van der Waals surface area contributed by atoms with Crippen molar-refractivity contribution in [2.24, 2.45) is 0 Å². The first-order chi connectivity index (χ1) is 9.86. The smallest absolute Gasteiger partial charge is 0.245 e. The number of nitrogens with zero attached hydrogens (tertiary/aromatic N) is 3. The van der Waals surface area contributed by atoms with E-state index in [1.807, 2.05) is 43.5 Å². The quantitative estimate of drug-likeness (QED) is 0.757. The van der Waals surface area contributed by atoms with Crippen LogP contribution in [0.2, 0.25) is 0 Å². The third-order valence-corrected chi connectivity index (χ3v) is 4.32. The van der Waals surface area contributed by atoms with Gasteiger partial charge in [-0.25, -0.2) is 4.98 Å². The van der Waals surface area contributed by atoms with Gasteiger partial charge in [-0.2, -0.15) is 0 Å². The molecule has 114 valence electrons. The van der Waals surface area contributed by atoms with Gasteiger partial charge in [-0.05, 0) is 39.0 Å². The summed E-state index contributed by atoms with van der Waals surface area (Å²) in [4.78, 5) is 18.8. The second kappa shape index (κ2) is 6.36. The number of alkyl halides is 1. The Hall–Kier alpha value is -1.07. The van der Waals surface area contributed by atoms with Gasteiger partial charge < -0.3 is 9.47 Å². The molecule has 0 aliphatic carbocycles. The molecule has 1 heterocycles. The topological polar surface area (TPSA) is 38.1 Å². The van der Waals surface area contributed by atoms with Crippen LogP contribution in [-0.2, 0) is 4.79 Å². The molecule has 0 aliphatic rings. The van der Waals surface area contributed by atoms with Gasteiger partial charge in [-0.1, -0.05) is 15.9 Å². The van der Waals surface area contributed by atoms with Gasteiger partial charge in [0, 0.05) is 18.1 Å². The molecule has 0 N–H and O–H groups in total. The van der Waals surface area contributed by atoms with E-state index < -0.39 is 0 Å². The maximum atomic E-state index is 12.5. The van der Waals surface area contributed by atoms with E-state index in [-0.39, 0.29) is 17.3 Å². The van der Waals surface area contributed by atoms with Crippen LogP contribution in [0.25, 0.3) is 11.0 Å². The van der Waals surface area contributed by atoms with Gasteiger partial charge in [-0.3, -0.25) is 4.79 Å². The summed E-state index contributed by atoms with van der Waals surface area (Å²) in [6.45, 7) is 6.39. The van der Waals surface area contributed by atoms with E-state index in [1.165, 1.54) is 0 Å². The largest absolute Gasteiger partial charge is 0.344 e. The Kier molecular flexibility index (Phi) is 4.94. The molecule has 0 bridgehead atoms. The fraction of sp³-hybridized carbons (Fsp3) is 0.467. The van der Waals surface area contributed by atoms with Crippen LogP contribution in [0.5, 0.6) is 0 Å². The molecular weight excluding hydrogens is 354 g/mol. The minimum Gasteiger partial charge on any atom is -0.344 e. The molecule has 1 aromatic carbocycles. The molecule has 2 aromatic rings. The average Bonchev–Trinajstić information content (AvgIpc) is 2.83. The van der Waals surface area contributed by atoms with Crippen molar-refractivity contribution in [2.45, 2.75) is 32.2 Å². The second-order valence-corrected chi connectivity index (χ2v) is 6.69. The Morgan fingerprint density at radius 3 is 2.71 bits per heavy atom. The fourth-order valence-electron chi connectivity index (χ4n) is 2.36. The Balaban J connectivity index is 2.62. The van der Waals surface area contributed by atoms with Crippen molar-refractivity contribution in [3.05, 3.63) is 28.5 Å². The number of amides is 1. The monoisotopic (exact) mass is 371 g/mol. The number of carbonyl (C=O) groups excluding carboxylic acids is 1. The number of imidazole rings is 1. The number of aromatic nitrogens is 2. The zero-order chi connectivity index (χ0) is 15.7. The van der Waals surface area contributed by atoms with Gasteiger partial charge in [-0.15, -0.1) is 11.6 Å². The lowest BCUT2D eigenvalue weighted by Gasteiger charge is -2.23. The molecular formula is C15H19BrClN3O. The Bertz CT molecular complexity index is 668. The minimum absolute atomic E-state index is 0.0512. The second-order valence-electron chi connectivity index (χ2n) is 5.12. The van der Waals surface area contributed by atoms with Crippen molar-refractivity contribution in [3.63, 3.8) is 0 Å². The Labute approximate surface area is 138 Å². The van der Waals surface area contributed by atoms with Crippen LogP contribution in [-0.4, -0.2) is 34.0 Å². The SMILES string of the molecule is CCN(C)C(=O)C(C)n1c(C(C)Cl)nc2ccc(Br)cc21. The lowest BCUT2D eigenvalue weighted by Crippen LogP contribution is -2.33. The maximum Gasteiger partial charge on any atom is 0.245 e. The lowest BCUT2D eigenvalue weighted by atomic mass is 10.2. The van der Waals surface area contributed by atoms with Crippen LogP contribution in [0.15, 0.2) is 22.7 Å². The molecule has 2 rings (SSSR count). The summed E-state index contributed by atoms with van der Waals surface area (Å²) in [5, 5.41) is -0.265. The molecule has 1 amide bonds. The van der Waals surface area contributed by atoms with E-state index in [0.717, 1.165) is 21.3 Å². The van der Waals surface area contributed by atoms with E-state index in [1.54, 1.807) is 11.9 Å². The molecule has 0 aliphatic heterocycles. The van der Waals surface area contributed by atoms with Gasteiger partial charge in [0.15, 0.2) is 0 Å². The number of carbonyl (C=O) groups is 1. The van der Waals surface area contributed by atoms with Crippen molar-refractivity contribution in [1.29, 1.82) is 0 Å². The van der Waals surface area contributed by atoms with Gasteiger partial charge in [0.1, 0.15) is 11.9 Å². The van der Waals surface area contributed by atoms with E-state index >= 15 is 0 Å². The molecule has 2 atom stereocenters. The van der Waals surface area contributed by atoms with Crippen molar-refractivity contribution in [2.75, 3.05) is 13.6 Å². The highest BCUT2D eigenvalue weighted by Crippen LogP contribution is 2.30. The van der Waals surface area contributed by atoms with Crippen molar-refractivity contribution < 1.29 is 4.79 Å². The Morgan fingerprint density at radius 2 is 2.14 bits per heavy atom. The number of hydrogen-bond acceptors (Lipinski definition) is 2. The highest BCUT2D eigenvalue weighted by atomic mass is 79.9. The molecule has 0 saturated carbocycles. The minimum atomic E-state index is -0.342. The van der Waals surface area contributed by atoms with E-state index in [2.05, 4.69) is 20.9 Å². The summed E-state index contributed by atoms with van der Waals surface area (Å²) >= 11 is 9.73. The van der Waals surface area contributed by atoms with Gasteiger partial charge in [0.25, 0.3) is 0 Å². The van der Waals surface area contributed by atoms with E-state index in [4.69, 9.17) is 11.6 Å². The van der Waals surface area contributed by atoms with Gasteiger partial charge in [0.2, 0.25) is 5.91 Å². The van der Waals surface area contributed by atoms with Crippen LogP contribution in [0.4, 0.5) is 0 Å². The molecule has 21 heavy (non-hydrogen) atoms. The van der Waals surface area contributed by atoms with Crippen molar-refractivity contribution in [3.8, 4) is 0 Å². The number of benzene rings is 1. The molecule has 1 aromatic heterocycles. The molecule has 2 unspecified atom stereocenters. The number of fused-ring (bicyclic) bond motifs is 1. The number of likely N-dealkylation sites (N-methyl/N-ethyl adjacent to an activating group) is 1. The van der Waals surface area contributed by atoms with E-state index in [0.29, 0.717) is 6.54 Å². The number of hydrogen-bond donors (Lipinski definition) is 0. The molecule has 6 heteroatoms. The first kappa shape index (κ1) is 16.3.